The molecule has 0 atom stereocenters. The van der Waals surface area contributed by atoms with E-state index in [2.05, 4.69) is 15.4 Å². The second kappa shape index (κ2) is 8.32. The van der Waals surface area contributed by atoms with Gasteiger partial charge in [-0.2, -0.15) is 5.10 Å². The summed E-state index contributed by atoms with van der Waals surface area (Å²) in [5.41, 5.74) is 4.38. The summed E-state index contributed by atoms with van der Waals surface area (Å²) in [4.78, 5) is 29.2. The first-order valence-electron chi connectivity index (χ1n) is 9.86. The van der Waals surface area contributed by atoms with Gasteiger partial charge in [-0.15, -0.1) is 0 Å². The number of fused-ring (bicyclic) bond motifs is 1. The molecule has 4 rings (SSSR count). The molecule has 0 bridgehead atoms. The topological polar surface area (TPSA) is 81.8 Å². The number of hydrogen-bond donors (Lipinski definition) is 1. The maximum absolute atomic E-state index is 12.5. The zero-order valence-electron chi connectivity index (χ0n) is 17.0. The summed E-state index contributed by atoms with van der Waals surface area (Å²) < 4.78 is 3.36. The lowest BCUT2D eigenvalue weighted by Crippen LogP contribution is -2.27. The van der Waals surface area contributed by atoms with E-state index in [4.69, 9.17) is 0 Å². The molecule has 0 saturated carbocycles. The van der Waals surface area contributed by atoms with Crippen molar-refractivity contribution in [2.75, 3.05) is 0 Å². The van der Waals surface area contributed by atoms with E-state index < -0.39 is 0 Å². The number of rotatable bonds is 6. The molecule has 7 heteroatoms. The number of benzene rings is 2. The van der Waals surface area contributed by atoms with Crippen LogP contribution in [0.1, 0.15) is 23.4 Å². The molecule has 152 valence electrons. The summed E-state index contributed by atoms with van der Waals surface area (Å²) in [6, 6.07) is 17.1. The van der Waals surface area contributed by atoms with Gasteiger partial charge in [0.2, 0.25) is 5.91 Å². The van der Waals surface area contributed by atoms with Crippen molar-refractivity contribution in [3.05, 3.63) is 88.2 Å². The summed E-state index contributed by atoms with van der Waals surface area (Å²) in [5, 5.41) is 8.10. The largest absolute Gasteiger partial charge is 0.352 e. The average Bonchev–Trinajstić information content (AvgIpc) is 3.06. The number of amides is 1. The van der Waals surface area contributed by atoms with Crippen LogP contribution in [0.2, 0.25) is 0 Å². The molecule has 2 aromatic heterocycles. The first-order valence-corrected chi connectivity index (χ1v) is 9.86. The average molecular weight is 401 g/mol. The van der Waals surface area contributed by atoms with Crippen molar-refractivity contribution in [1.82, 2.24) is 24.6 Å². The van der Waals surface area contributed by atoms with Crippen molar-refractivity contribution in [1.29, 1.82) is 0 Å². The van der Waals surface area contributed by atoms with E-state index in [1.165, 1.54) is 10.9 Å². The SMILES string of the molecule is Cc1nn(-c2ccccc2)c(C)c1CNC(=O)CCn1cnc2ccccc2c1=O. The molecule has 0 spiro atoms. The second-order valence-electron chi connectivity index (χ2n) is 7.18. The van der Waals surface area contributed by atoms with Crippen LogP contribution in [0.15, 0.2) is 65.7 Å². The molecule has 2 heterocycles. The Labute approximate surface area is 174 Å². The Kier molecular flexibility index (Phi) is 5.43. The van der Waals surface area contributed by atoms with Gasteiger partial charge in [0, 0.05) is 30.8 Å². The molecule has 7 nitrogen and oxygen atoms in total. The number of hydrogen-bond acceptors (Lipinski definition) is 4. The highest BCUT2D eigenvalue weighted by Crippen LogP contribution is 2.17. The van der Waals surface area contributed by atoms with Crippen LogP contribution in [0.25, 0.3) is 16.6 Å². The lowest BCUT2D eigenvalue weighted by atomic mass is 10.2. The van der Waals surface area contributed by atoms with E-state index in [-0.39, 0.29) is 24.4 Å². The van der Waals surface area contributed by atoms with E-state index in [0.717, 1.165) is 22.6 Å². The third-order valence-corrected chi connectivity index (χ3v) is 5.22. The highest BCUT2D eigenvalue weighted by atomic mass is 16.1. The van der Waals surface area contributed by atoms with Gasteiger partial charge in [-0.05, 0) is 38.1 Å². The minimum atomic E-state index is -0.135. The van der Waals surface area contributed by atoms with Crippen LogP contribution >= 0.6 is 0 Å². The van der Waals surface area contributed by atoms with Crippen LogP contribution in [0, 0.1) is 13.8 Å². The van der Waals surface area contributed by atoms with Gasteiger partial charge in [-0.1, -0.05) is 30.3 Å². The first-order chi connectivity index (χ1) is 14.5. The van der Waals surface area contributed by atoms with Crippen LogP contribution < -0.4 is 10.9 Å². The number of aromatic nitrogens is 4. The normalized spacial score (nSPS) is 11.0. The lowest BCUT2D eigenvalue weighted by Gasteiger charge is -2.09. The molecule has 0 unspecified atom stereocenters. The van der Waals surface area contributed by atoms with Gasteiger partial charge >= 0.3 is 0 Å². The predicted molar refractivity (Wildman–Crippen MR) is 116 cm³/mol. The summed E-state index contributed by atoms with van der Waals surface area (Å²) in [5.74, 6) is -0.124. The second-order valence-corrected chi connectivity index (χ2v) is 7.18. The zero-order chi connectivity index (χ0) is 21.1. The maximum Gasteiger partial charge on any atom is 0.261 e. The van der Waals surface area contributed by atoms with E-state index >= 15 is 0 Å². The van der Waals surface area contributed by atoms with Crippen LogP contribution in [-0.2, 0) is 17.9 Å². The maximum atomic E-state index is 12.5. The van der Waals surface area contributed by atoms with Crippen molar-refractivity contribution in [3.8, 4) is 5.69 Å². The summed E-state index contributed by atoms with van der Waals surface area (Å²) in [7, 11) is 0. The minimum Gasteiger partial charge on any atom is -0.352 e. The number of nitrogens with zero attached hydrogens (tertiary/aromatic N) is 4. The fraction of sp³-hybridized carbons (Fsp3) is 0.217. The number of para-hydroxylation sites is 2. The Balaban J connectivity index is 1.41. The number of carbonyl (C=O) groups excluding carboxylic acids is 1. The Bertz CT molecular complexity index is 1260. The molecule has 2 aromatic carbocycles. The summed E-state index contributed by atoms with van der Waals surface area (Å²) in [6.45, 7) is 4.61. The Morgan fingerprint density at radius 2 is 1.77 bits per heavy atom. The van der Waals surface area contributed by atoms with Crippen molar-refractivity contribution in [2.45, 2.75) is 33.4 Å². The molecular formula is C23H23N5O2. The van der Waals surface area contributed by atoms with Gasteiger partial charge < -0.3 is 5.32 Å². The molecule has 0 fully saturated rings. The quantitative estimate of drug-likeness (QED) is 0.539. The van der Waals surface area contributed by atoms with Gasteiger partial charge in [0.05, 0.1) is 28.6 Å². The molecule has 30 heavy (non-hydrogen) atoms. The van der Waals surface area contributed by atoms with Gasteiger partial charge in [-0.25, -0.2) is 9.67 Å². The molecule has 0 aliphatic rings. The van der Waals surface area contributed by atoms with Crippen molar-refractivity contribution < 1.29 is 4.79 Å². The third-order valence-electron chi connectivity index (χ3n) is 5.22. The van der Waals surface area contributed by atoms with Gasteiger partial charge in [0.15, 0.2) is 0 Å². The highest BCUT2D eigenvalue weighted by Gasteiger charge is 2.14. The van der Waals surface area contributed by atoms with Crippen LogP contribution in [-0.4, -0.2) is 25.2 Å². The van der Waals surface area contributed by atoms with Crippen LogP contribution in [0.4, 0.5) is 0 Å². The van der Waals surface area contributed by atoms with E-state index in [1.54, 1.807) is 12.1 Å². The van der Waals surface area contributed by atoms with Gasteiger partial charge in [0.25, 0.3) is 5.56 Å². The molecule has 1 amide bonds. The Morgan fingerprint density at radius 1 is 1.03 bits per heavy atom. The Hall–Kier alpha value is -3.74. The molecular weight excluding hydrogens is 378 g/mol. The molecule has 4 aromatic rings. The first kappa shape index (κ1) is 19.6. The molecule has 1 N–H and O–H groups in total. The number of aryl methyl sites for hydroxylation is 2. The fourth-order valence-corrected chi connectivity index (χ4v) is 3.51. The molecule has 0 aliphatic heterocycles. The zero-order valence-corrected chi connectivity index (χ0v) is 17.0. The lowest BCUT2D eigenvalue weighted by molar-refractivity contribution is -0.121. The minimum absolute atomic E-state index is 0.124. The molecule has 0 radical (unpaired) electrons. The predicted octanol–water partition coefficient (Wildman–Crippen LogP) is 2.91. The number of carbonyl (C=O) groups is 1. The van der Waals surface area contributed by atoms with E-state index in [0.29, 0.717) is 17.4 Å². The van der Waals surface area contributed by atoms with E-state index in [1.807, 2.05) is 61.0 Å². The molecule has 0 aliphatic carbocycles. The summed E-state index contributed by atoms with van der Waals surface area (Å²) >= 11 is 0. The fourth-order valence-electron chi connectivity index (χ4n) is 3.51. The number of nitrogens with one attached hydrogen (secondary N) is 1. The molecule has 0 saturated heterocycles. The highest BCUT2D eigenvalue weighted by molar-refractivity contribution is 5.77. The Morgan fingerprint density at radius 3 is 2.57 bits per heavy atom. The standard InChI is InChI=1S/C23H23N5O2/c1-16-20(17(2)28(26-16)18-8-4-3-5-9-18)14-24-22(29)12-13-27-15-25-21-11-7-6-10-19(21)23(27)30/h3-11,15H,12-14H2,1-2H3,(H,24,29). The van der Waals surface area contributed by atoms with Gasteiger partial charge in [-0.3, -0.25) is 14.2 Å². The monoisotopic (exact) mass is 401 g/mol. The van der Waals surface area contributed by atoms with Crippen molar-refractivity contribution in [2.24, 2.45) is 0 Å². The van der Waals surface area contributed by atoms with Crippen LogP contribution in [0.5, 0.6) is 0 Å². The van der Waals surface area contributed by atoms with E-state index in [9.17, 15) is 9.59 Å². The summed E-state index contributed by atoms with van der Waals surface area (Å²) in [6.07, 6.45) is 1.70. The van der Waals surface area contributed by atoms with Crippen molar-refractivity contribution in [3.63, 3.8) is 0 Å². The van der Waals surface area contributed by atoms with Crippen LogP contribution in [0.3, 0.4) is 0 Å². The third kappa shape index (κ3) is 3.87. The van der Waals surface area contributed by atoms with Crippen molar-refractivity contribution >= 4 is 16.8 Å². The smallest absolute Gasteiger partial charge is 0.261 e. The van der Waals surface area contributed by atoms with Gasteiger partial charge in [0.1, 0.15) is 0 Å².